The molecule has 3 nitrogen and oxygen atoms in total. The SMILES string of the molecule is CCCNC(Cc1ccccc1Br)c1ncccc1OC. The van der Waals surface area contributed by atoms with E-state index in [0.29, 0.717) is 0 Å². The summed E-state index contributed by atoms with van der Waals surface area (Å²) in [6.45, 7) is 3.12. The van der Waals surface area contributed by atoms with Gasteiger partial charge >= 0.3 is 0 Å². The van der Waals surface area contributed by atoms with Crippen LogP contribution < -0.4 is 10.1 Å². The van der Waals surface area contributed by atoms with Crippen molar-refractivity contribution in [2.75, 3.05) is 13.7 Å². The maximum Gasteiger partial charge on any atom is 0.141 e. The van der Waals surface area contributed by atoms with E-state index >= 15 is 0 Å². The Balaban J connectivity index is 2.28. The van der Waals surface area contributed by atoms with Crippen LogP contribution in [-0.2, 0) is 6.42 Å². The molecule has 1 heterocycles. The molecule has 1 atom stereocenters. The Hall–Kier alpha value is -1.39. The van der Waals surface area contributed by atoms with Gasteiger partial charge in [-0.15, -0.1) is 0 Å². The molecule has 0 bridgehead atoms. The highest BCUT2D eigenvalue weighted by Gasteiger charge is 2.18. The number of halogens is 1. The first-order chi connectivity index (χ1) is 10.3. The van der Waals surface area contributed by atoms with E-state index in [1.165, 1.54) is 5.56 Å². The number of rotatable bonds is 7. The summed E-state index contributed by atoms with van der Waals surface area (Å²) in [4.78, 5) is 4.53. The van der Waals surface area contributed by atoms with Crippen LogP contribution in [0.5, 0.6) is 5.75 Å². The lowest BCUT2D eigenvalue weighted by molar-refractivity contribution is 0.393. The summed E-state index contributed by atoms with van der Waals surface area (Å²) in [6.07, 6.45) is 3.77. The summed E-state index contributed by atoms with van der Waals surface area (Å²) in [5, 5.41) is 3.57. The second-order valence-electron chi connectivity index (χ2n) is 4.89. The van der Waals surface area contributed by atoms with Crippen molar-refractivity contribution in [1.29, 1.82) is 0 Å². The van der Waals surface area contributed by atoms with E-state index < -0.39 is 0 Å². The average Bonchev–Trinajstić information content (AvgIpc) is 2.53. The summed E-state index contributed by atoms with van der Waals surface area (Å²) < 4.78 is 6.59. The fourth-order valence-corrected chi connectivity index (χ4v) is 2.75. The molecule has 0 amide bonds. The molecule has 0 aliphatic carbocycles. The Morgan fingerprint density at radius 3 is 2.76 bits per heavy atom. The van der Waals surface area contributed by atoms with Crippen LogP contribution in [0, 0.1) is 0 Å². The molecule has 112 valence electrons. The molecule has 21 heavy (non-hydrogen) atoms. The number of hydrogen-bond donors (Lipinski definition) is 1. The van der Waals surface area contributed by atoms with Crippen LogP contribution in [0.15, 0.2) is 47.1 Å². The summed E-state index contributed by atoms with van der Waals surface area (Å²) in [7, 11) is 1.69. The molecular weight excluding hydrogens is 328 g/mol. The van der Waals surface area contributed by atoms with E-state index in [1.807, 2.05) is 24.4 Å². The molecule has 1 aromatic carbocycles. The summed E-state index contributed by atoms with van der Waals surface area (Å²) in [6, 6.07) is 12.3. The van der Waals surface area contributed by atoms with Gasteiger partial charge in [0, 0.05) is 10.7 Å². The number of aromatic nitrogens is 1. The van der Waals surface area contributed by atoms with Crippen LogP contribution in [0.1, 0.15) is 30.6 Å². The zero-order chi connectivity index (χ0) is 15.1. The minimum absolute atomic E-state index is 0.139. The van der Waals surface area contributed by atoms with Crippen LogP contribution in [0.2, 0.25) is 0 Å². The van der Waals surface area contributed by atoms with Gasteiger partial charge in [-0.3, -0.25) is 4.98 Å². The van der Waals surface area contributed by atoms with Gasteiger partial charge in [0.1, 0.15) is 5.75 Å². The van der Waals surface area contributed by atoms with Crippen molar-refractivity contribution >= 4 is 15.9 Å². The number of methoxy groups -OCH3 is 1. The molecule has 0 fully saturated rings. The van der Waals surface area contributed by atoms with Gasteiger partial charge < -0.3 is 10.1 Å². The largest absolute Gasteiger partial charge is 0.495 e. The van der Waals surface area contributed by atoms with Crippen molar-refractivity contribution in [2.45, 2.75) is 25.8 Å². The van der Waals surface area contributed by atoms with Crippen LogP contribution >= 0.6 is 15.9 Å². The van der Waals surface area contributed by atoms with Crippen molar-refractivity contribution < 1.29 is 4.74 Å². The first-order valence-corrected chi connectivity index (χ1v) is 8.01. The normalized spacial score (nSPS) is 12.1. The third-order valence-electron chi connectivity index (χ3n) is 3.37. The molecule has 1 N–H and O–H groups in total. The first kappa shape index (κ1) is 16.0. The van der Waals surface area contributed by atoms with Gasteiger partial charge in [-0.05, 0) is 43.1 Å². The van der Waals surface area contributed by atoms with Gasteiger partial charge in [0.2, 0.25) is 0 Å². The van der Waals surface area contributed by atoms with Crippen molar-refractivity contribution in [3.63, 3.8) is 0 Å². The molecule has 1 unspecified atom stereocenters. The third-order valence-corrected chi connectivity index (χ3v) is 4.15. The van der Waals surface area contributed by atoms with E-state index in [0.717, 1.165) is 35.3 Å². The van der Waals surface area contributed by atoms with E-state index in [2.05, 4.69) is 51.4 Å². The predicted octanol–water partition coefficient (Wildman–Crippen LogP) is 4.14. The highest BCUT2D eigenvalue weighted by molar-refractivity contribution is 9.10. The van der Waals surface area contributed by atoms with Gasteiger partial charge in [-0.25, -0.2) is 0 Å². The van der Waals surface area contributed by atoms with Crippen LogP contribution in [0.4, 0.5) is 0 Å². The maximum atomic E-state index is 5.46. The molecule has 2 rings (SSSR count). The summed E-state index contributed by atoms with van der Waals surface area (Å²) in [5.41, 5.74) is 2.23. The number of pyridine rings is 1. The van der Waals surface area contributed by atoms with E-state index in [9.17, 15) is 0 Å². The Bertz CT molecular complexity index is 574. The molecule has 2 aromatic rings. The standard InChI is InChI=1S/C17H21BrN2O/c1-3-10-19-15(12-13-7-4-5-8-14(13)18)17-16(21-2)9-6-11-20-17/h4-9,11,15,19H,3,10,12H2,1-2H3. The van der Waals surface area contributed by atoms with Crippen molar-refractivity contribution in [3.8, 4) is 5.75 Å². The second-order valence-corrected chi connectivity index (χ2v) is 5.75. The molecule has 0 radical (unpaired) electrons. The maximum absolute atomic E-state index is 5.46. The monoisotopic (exact) mass is 348 g/mol. The quantitative estimate of drug-likeness (QED) is 0.816. The van der Waals surface area contributed by atoms with Crippen LogP contribution in [0.3, 0.4) is 0 Å². The highest BCUT2D eigenvalue weighted by atomic mass is 79.9. The van der Waals surface area contributed by atoms with Gasteiger partial charge in [-0.2, -0.15) is 0 Å². The van der Waals surface area contributed by atoms with E-state index in [4.69, 9.17) is 4.74 Å². The van der Waals surface area contributed by atoms with Crippen molar-refractivity contribution in [1.82, 2.24) is 10.3 Å². The molecule has 0 spiro atoms. The first-order valence-electron chi connectivity index (χ1n) is 7.22. The molecule has 0 saturated carbocycles. The van der Waals surface area contributed by atoms with Crippen molar-refractivity contribution in [3.05, 3.63) is 58.3 Å². The predicted molar refractivity (Wildman–Crippen MR) is 89.7 cm³/mol. The van der Waals surface area contributed by atoms with Crippen LogP contribution in [0.25, 0.3) is 0 Å². The number of nitrogens with zero attached hydrogens (tertiary/aromatic N) is 1. The van der Waals surface area contributed by atoms with E-state index in [1.54, 1.807) is 7.11 Å². The van der Waals surface area contributed by atoms with Gasteiger partial charge in [0.15, 0.2) is 0 Å². The molecular formula is C17H21BrN2O. The fraction of sp³-hybridized carbons (Fsp3) is 0.353. The second kappa shape index (κ2) is 8.15. The van der Waals surface area contributed by atoms with E-state index in [-0.39, 0.29) is 6.04 Å². The zero-order valence-corrected chi connectivity index (χ0v) is 14.1. The summed E-state index contributed by atoms with van der Waals surface area (Å²) in [5.74, 6) is 0.832. The van der Waals surface area contributed by atoms with Crippen LogP contribution in [-0.4, -0.2) is 18.6 Å². The molecule has 4 heteroatoms. The Kier molecular flexibility index (Phi) is 6.21. The Labute approximate surface area is 134 Å². The summed E-state index contributed by atoms with van der Waals surface area (Å²) >= 11 is 3.62. The average molecular weight is 349 g/mol. The molecule has 0 aliphatic heterocycles. The fourth-order valence-electron chi connectivity index (χ4n) is 2.31. The lowest BCUT2D eigenvalue weighted by Gasteiger charge is -2.20. The number of ether oxygens (including phenoxy) is 1. The van der Waals surface area contributed by atoms with Gasteiger partial charge in [0.05, 0.1) is 18.8 Å². The zero-order valence-electron chi connectivity index (χ0n) is 12.5. The number of benzene rings is 1. The molecule has 0 aliphatic rings. The topological polar surface area (TPSA) is 34.2 Å². The molecule has 1 aromatic heterocycles. The lowest BCUT2D eigenvalue weighted by Crippen LogP contribution is -2.25. The van der Waals surface area contributed by atoms with Gasteiger partial charge in [0.25, 0.3) is 0 Å². The number of nitrogens with one attached hydrogen (secondary N) is 1. The smallest absolute Gasteiger partial charge is 0.141 e. The minimum Gasteiger partial charge on any atom is -0.495 e. The Morgan fingerprint density at radius 2 is 2.05 bits per heavy atom. The minimum atomic E-state index is 0.139. The third kappa shape index (κ3) is 4.29. The highest BCUT2D eigenvalue weighted by Crippen LogP contribution is 2.27. The van der Waals surface area contributed by atoms with Crippen molar-refractivity contribution in [2.24, 2.45) is 0 Å². The van der Waals surface area contributed by atoms with Gasteiger partial charge in [-0.1, -0.05) is 41.1 Å². The lowest BCUT2D eigenvalue weighted by atomic mass is 10.0. The molecule has 0 saturated heterocycles. The number of hydrogen-bond acceptors (Lipinski definition) is 3. The Morgan fingerprint density at radius 1 is 1.24 bits per heavy atom.